The quantitative estimate of drug-likeness (QED) is 0.514. The first-order valence-corrected chi connectivity index (χ1v) is 10.1. The Morgan fingerprint density at radius 2 is 1.73 bits per heavy atom. The summed E-state index contributed by atoms with van der Waals surface area (Å²) in [7, 11) is -0.956. The SMILES string of the molecule is CCCNCC(C)(C[Si](C)(C)C)C(C)C. The molecule has 15 heavy (non-hydrogen) atoms. The molecule has 0 fully saturated rings. The van der Waals surface area contributed by atoms with Crippen LogP contribution in [0.25, 0.3) is 0 Å². The second-order valence-corrected chi connectivity index (χ2v) is 12.2. The number of hydrogen-bond acceptors (Lipinski definition) is 1. The fourth-order valence-corrected chi connectivity index (χ4v) is 5.19. The van der Waals surface area contributed by atoms with Crippen LogP contribution >= 0.6 is 0 Å². The lowest BCUT2D eigenvalue weighted by Gasteiger charge is -2.38. The maximum absolute atomic E-state index is 3.60. The van der Waals surface area contributed by atoms with Crippen molar-refractivity contribution in [2.45, 2.75) is 59.8 Å². The maximum atomic E-state index is 3.60. The predicted octanol–water partition coefficient (Wildman–Crippen LogP) is 3.99. The third-order valence-electron chi connectivity index (χ3n) is 3.28. The summed E-state index contributed by atoms with van der Waals surface area (Å²) in [6, 6.07) is 1.42. The van der Waals surface area contributed by atoms with E-state index in [4.69, 9.17) is 0 Å². The van der Waals surface area contributed by atoms with E-state index in [1.54, 1.807) is 0 Å². The summed E-state index contributed by atoms with van der Waals surface area (Å²) in [5.41, 5.74) is 0.486. The van der Waals surface area contributed by atoms with Crippen molar-refractivity contribution in [3.05, 3.63) is 0 Å². The van der Waals surface area contributed by atoms with Crippen LogP contribution in [0, 0.1) is 11.3 Å². The Hall–Kier alpha value is 0.177. The Balaban J connectivity index is 4.32. The van der Waals surface area contributed by atoms with Crippen LogP contribution < -0.4 is 5.32 Å². The summed E-state index contributed by atoms with van der Waals surface area (Å²) in [6.45, 7) is 19.2. The third kappa shape index (κ3) is 6.36. The first kappa shape index (κ1) is 15.2. The topological polar surface area (TPSA) is 12.0 Å². The predicted molar refractivity (Wildman–Crippen MR) is 74.3 cm³/mol. The van der Waals surface area contributed by atoms with Gasteiger partial charge in [-0.15, -0.1) is 0 Å². The van der Waals surface area contributed by atoms with E-state index in [1.165, 1.54) is 19.0 Å². The van der Waals surface area contributed by atoms with Crippen molar-refractivity contribution < 1.29 is 0 Å². The van der Waals surface area contributed by atoms with Gasteiger partial charge in [0.05, 0.1) is 0 Å². The zero-order chi connectivity index (χ0) is 12.1. The standard InChI is InChI=1S/C13H31NSi/c1-8-9-14-10-13(4,12(2)3)11-15(5,6)7/h12,14H,8-11H2,1-7H3. The molecule has 0 aliphatic carbocycles. The van der Waals surface area contributed by atoms with Crippen LogP contribution in [0.5, 0.6) is 0 Å². The summed E-state index contributed by atoms with van der Waals surface area (Å²) in [5.74, 6) is 0.772. The minimum atomic E-state index is -0.956. The van der Waals surface area contributed by atoms with Crippen LogP contribution in [0.15, 0.2) is 0 Å². The average molecular weight is 229 g/mol. The zero-order valence-electron chi connectivity index (χ0n) is 11.9. The normalized spacial score (nSPS) is 16.8. The van der Waals surface area contributed by atoms with Crippen molar-refractivity contribution in [2.75, 3.05) is 13.1 Å². The van der Waals surface area contributed by atoms with Crippen LogP contribution in [0.4, 0.5) is 0 Å². The Labute approximate surface area is 98.0 Å². The fourth-order valence-electron chi connectivity index (χ4n) is 2.23. The Morgan fingerprint density at radius 3 is 2.07 bits per heavy atom. The molecule has 0 radical (unpaired) electrons. The number of rotatable bonds is 7. The van der Waals surface area contributed by atoms with Gasteiger partial charge in [0.1, 0.15) is 0 Å². The molecule has 0 aliphatic rings. The minimum Gasteiger partial charge on any atom is -0.316 e. The monoisotopic (exact) mass is 229 g/mol. The fraction of sp³-hybridized carbons (Fsp3) is 1.00. The van der Waals surface area contributed by atoms with E-state index in [0.717, 1.165) is 12.5 Å². The van der Waals surface area contributed by atoms with E-state index in [0.29, 0.717) is 5.41 Å². The van der Waals surface area contributed by atoms with E-state index < -0.39 is 8.07 Å². The molecule has 0 aromatic rings. The molecule has 1 nitrogen and oxygen atoms in total. The largest absolute Gasteiger partial charge is 0.316 e. The number of hydrogen-bond donors (Lipinski definition) is 1. The van der Waals surface area contributed by atoms with E-state index in [2.05, 4.69) is 52.7 Å². The molecule has 0 bridgehead atoms. The Morgan fingerprint density at radius 1 is 1.20 bits per heavy atom. The number of nitrogens with one attached hydrogen (secondary N) is 1. The average Bonchev–Trinajstić information content (AvgIpc) is 2.01. The zero-order valence-corrected chi connectivity index (χ0v) is 12.9. The van der Waals surface area contributed by atoms with Crippen molar-refractivity contribution in [2.24, 2.45) is 11.3 Å². The summed E-state index contributed by atoms with van der Waals surface area (Å²) < 4.78 is 0. The second kappa shape index (κ2) is 6.05. The van der Waals surface area contributed by atoms with Crippen LogP contribution in [0.3, 0.4) is 0 Å². The van der Waals surface area contributed by atoms with Crippen molar-refractivity contribution in [1.82, 2.24) is 5.32 Å². The van der Waals surface area contributed by atoms with E-state index in [9.17, 15) is 0 Å². The molecule has 0 aromatic heterocycles. The van der Waals surface area contributed by atoms with Gasteiger partial charge in [-0.3, -0.25) is 0 Å². The first-order chi connectivity index (χ1) is 6.71. The van der Waals surface area contributed by atoms with Crippen LogP contribution in [-0.4, -0.2) is 21.2 Å². The molecular weight excluding hydrogens is 198 g/mol. The van der Waals surface area contributed by atoms with Gasteiger partial charge in [-0.25, -0.2) is 0 Å². The van der Waals surface area contributed by atoms with Gasteiger partial charge in [0.2, 0.25) is 0 Å². The summed E-state index contributed by atoms with van der Waals surface area (Å²) in [4.78, 5) is 0. The highest BCUT2D eigenvalue weighted by atomic mass is 28.3. The lowest BCUT2D eigenvalue weighted by atomic mass is 9.81. The molecule has 0 aliphatic heterocycles. The van der Waals surface area contributed by atoms with E-state index in [1.807, 2.05) is 0 Å². The van der Waals surface area contributed by atoms with Crippen LogP contribution in [-0.2, 0) is 0 Å². The van der Waals surface area contributed by atoms with E-state index >= 15 is 0 Å². The van der Waals surface area contributed by atoms with Crippen molar-refractivity contribution >= 4 is 8.07 Å². The van der Waals surface area contributed by atoms with Gasteiger partial charge >= 0.3 is 0 Å². The molecule has 0 rings (SSSR count). The smallest absolute Gasteiger partial charge is 0.0448 e. The molecule has 1 unspecified atom stereocenters. The van der Waals surface area contributed by atoms with Crippen LogP contribution in [0.2, 0.25) is 25.7 Å². The highest BCUT2D eigenvalue weighted by molar-refractivity contribution is 6.76. The lowest BCUT2D eigenvalue weighted by molar-refractivity contribution is 0.236. The van der Waals surface area contributed by atoms with Gasteiger partial charge in [-0.2, -0.15) is 0 Å². The molecule has 0 saturated carbocycles. The molecule has 0 aromatic carbocycles. The summed E-state index contributed by atoms with van der Waals surface area (Å²) >= 11 is 0. The highest BCUT2D eigenvalue weighted by Crippen LogP contribution is 2.35. The lowest BCUT2D eigenvalue weighted by Crippen LogP contribution is -2.41. The van der Waals surface area contributed by atoms with Gasteiger partial charge in [-0.05, 0) is 24.3 Å². The van der Waals surface area contributed by atoms with Crippen LogP contribution in [0.1, 0.15) is 34.1 Å². The summed E-state index contributed by atoms with van der Waals surface area (Å²) in [5, 5.41) is 3.60. The van der Waals surface area contributed by atoms with Gasteiger partial charge in [-0.1, -0.05) is 53.4 Å². The molecule has 2 heteroatoms. The van der Waals surface area contributed by atoms with E-state index in [-0.39, 0.29) is 0 Å². The van der Waals surface area contributed by atoms with Crippen molar-refractivity contribution in [3.63, 3.8) is 0 Å². The molecule has 0 saturated heterocycles. The Kier molecular flexibility index (Phi) is 6.12. The molecule has 1 N–H and O–H groups in total. The highest BCUT2D eigenvalue weighted by Gasteiger charge is 2.33. The van der Waals surface area contributed by atoms with Gasteiger partial charge < -0.3 is 5.32 Å². The molecule has 1 atom stereocenters. The third-order valence-corrected chi connectivity index (χ3v) is 5.15. The van der Waals surface area contributed by atoms with Gasteiger partial charge in [0.15, 0.2) is 0 Å². The molecule has 0 heterocycles. The molecule has 0 amide bonds. The van der Waals surface area contributed by atoms with Crippen molar-refractivity contribution in [3.8, 4) is 0 Å². The van der Waals surface area contributed by atoms with Gasteiger partial charge in [0.25, 0.3) is 0 Å². The van der Waals surface area contributed by atoms with Gasteiger partial charge in [0, 0.05) is 14.6 Å². The first-order valence-electron chi connectivity index (χ1n) is 6.42. The van der Waals surface area contributed by atoms with Crippen molar-refractivity contribution in [1.29, 1.82) is 0 Å². The molecular formula is C13H31NSi. The Bertz CT molecular complexity index is 172. The summed E-state index contributed by atoms with van der Waals surface area (Å²) in [6.07, 6.45) is 1.24. The molecule has 92 valence electrons. The second-order valence-electron chi connectivity index (χ2n) is 6.72. The minimum absolute atomic E-state index is 0.486. The maximum Gasteiger partial charge on any atom is 0.0448 e. The molecule has 0 spiro atoms.